The van der Waals surface area contributed by atoms with Crippen molar-refractivity contribution in [1.29, 1.82) is 0 Å². The van der Waals surface area contributed by atoms with Crippen molar-refractivity contribution >= 4 is 34.3 Å². The molecular weight excluding hydrogens is 336 g/mol. The molecule has 3 aromatic rings. The molecule has 0 amide bonds. The van der Waals surface area contributed by atoms with Crippen LogP contribution in [0.3, 0.4) is 0 Å². The third kappa shape index (κ3) is 3.43. The number of hydrogen-bond donors (Lipinski definition) is 0. The first-order valence-electron chi connectivity index (χ1n) is 6.54. The van der Waals surface area contributed by atoms with Crippen LogP contribution in [-0.2, 0) is 11.3 Å². The van der Waals surface area contributed by atoms with Crippen LogP contribution in [0.1, 0.15) is 16.1 Å². The number of nitro benzene ring substituents is 1. The number of ether oxygens (including phenoxy) is 1. The maximum atomic E-state index is 12.0. The van der Waals surface area contributed by atoms with Gasteiger partial charge in [0.2, 0.25) is 0 Å². The molecule has 2 aromatic heterocycles. The molecular formula is C15H10N2O4S2. The zero-order valence-electron chi connectivity index (χ0n) is 11.7. The fourth-order valence-electron chi connectivity index (χ4n) is 1.91. The number of esters is 1. The van der Waals surface area contributed by atoms with Crippen LogP contribution in [0.5, 0.6) is 0 Å². The summed E-state index contributed by atoms with van der Waals surface area (Å²) in [6.45, 7) is -0.165. The number of para-hydroxylation sites is 1. The maximum Gasteiger partial charge on any atom is 0.358 e. The van der Waals surface area contributed by atoms with Gasteiger partial charge in [-0.05, 0) is 17.5 Å². The minimum atomic E-state index is -0.595. The number of carbonyl (C=O) groups excluding carboxylic acids is 1. The summed E-state index contributed by atoms with van der Waals surface area (Å²) in [5.74, 6) is -0.595. The second kappa shape index (κ2) is 6.67. The van der Waals surface area contributed by atoms with Gasteiger partial charge in [0.15, 0.2) is 5.69 Å². The van der Waals surface area contributed by atoms with Crippen LogP contribution in [-0.4, -0.2) is 15.9 Å². The van der Waals surface area contributed by atoms with Crippen molar-refractivity contribution in [3.8, 4) is 9.88 Å². The molecule has 0 aliphatic heterocycles. The molecule has 0 unspecified atom stereocenters. The molecule has 6 nitrogen and oxygen atoms in total. The van der Waals surface area contributed by atoms with Gasteiger partial charge in [0.25, 0.3) is 5.69 Å². The fraction of sp³-hybridized carbons (Fsp3) is 0.0667. The monoisotopic (exact) mass is 346 g/mol. The second-order valence-electron chi connectivity index (χ2n) is 4.48. The van der Waals surface area contributed by atoms with E-state index in [2.05, 4.69) is 4.98 Å². The van der Waals surface area contributed by atoms with E-state index in [1.807, 2.05) is 17.5 Å². The van der Waals surface area contributed by atoms with Crippen LogP contribution >= 0.6 is 22.7 Å². The summed E-state index contributed by atoms with van der Waals surface area (Å²) in [4.78, 5) is 27.7. The molecule has 23 heavy (non-hydrogen) atoms. The summed E-state index contributed by atoms with van der Waals surface area (Å²) < 4.78 is 5.14. The summed E-state index contributed by atoms with van der Waals surface area (Å²) in [6, 6.07) is 10.00. The van der Waals surface area contributed by atoms with Gasteiger partial charge in [-0.25, -0.2) is 9.78 Å². The molecule has 0 bridgehead atoms. The first kappa shape index (κ1) is 15.3. The van der Waals surface area contributed by atoms with Crippen molar-refractivity contribution in [2.24, 2.45) is 0 Å². The molecule has 0 N–H and O–H groups in total. The lowest BCUT2D eigenvalue weighted by molar-refractivity contribution is -0.385. The lowest BCUT2D eigenvalue weighted by Crippen LogP contribution is -2.07. The van der Waals surface area contributed by atoms with Gasteiger partial charge in [-0.3, -0.25) is 10.1 Å². The minimum absolute atomic E-state index is 0.0714. The van der Waals surface area contributed by atoms with Crippen LogP contribution in [0.15, 0.2) is 47.2 Å². The van der Waals surface area contributed by atoms with Crippen LogP contribution in [0.2, 0.25) is 0 Å². The van der Waals surface area contributed by atoms with Gasteiger partial charge in [0.1, 0.15) is 11.6 Å². The molecule has 2 heterocycles. The lowest BCUT2D eigenvalue weighted by Gasteiger charge is -2.03. The van der Waals surface area contributed by atoms with Crippen LogP contribution in [0, 0.1) is 10.1 Å². The molecule has 3 rings (SSSR count). The zero-order valence-corrected chi connectivity index (χ0v) is 13.3. The molecule has 0 saturated heterocycles. The summed E-state index contributed by atoms with van der Waals surface area (Å²) in [7, 11) is 0. The Labute approximate surface area is 139 Å². The van der Waals surface area contributed by atoms with Crippen LogP contribution < -0.4 is 0 Å². The number of thiophene rings is 1. The molecule has 0 atom stereocenters. The molecule has 0 fully saturated rings. The Hall–Kier alpha value is -2.58. The Morgan fingerprint density at radius 1 is 1.22 bits per heavy atom. The maximum absolute atomic E-state index is 12.0. The topological polar surface area (TPSA) is 82.3 Å². The SMILES string of the molecule is O=C(OCc1ccccc1[N+](=O)[O-])c1csc(-c2cccs2)n1. The Bertz CT molecular complexity index is 843. The summed E-state index contributed by atoms with van der Waals surface area (Å²) >= 11 is 2.89. The predicted molar refractivity (Wildman–Crippen MR) is 87.6 cm³/mol. The van der Waals surface area contributed by atoms with Gasteiger partial charge in [0.05, 0.1) is 15.4 Å². The number of thiazole rings is 1. The number of benzene rings is 1. The summed E-state index contributed by atoms with van der Waals surface area (Å²) in [5.41, 5.74) is 0.481. The van der Waals surface area contributed by atoms with Gasteiger partial charge in [-0.2, -0.15) is 0 Å². The number of aromatic nitrogens is 1. The molecule has 0 saturated carbocycles. The fourth-order valence-corrected chi connectivity index (χ4v) is 3.51. The van der Waals surface area contributed by atoms with E-state index in [0.29, 0.717) is 5.56 Å². The van der Waals surface area contributed by atoms with Crippen molar-refractivity contribution in [2.75, 3.05) is 0 Å². The van der Waals surface area contributed by atoms with Crippen molar-refractivity contribution in [1.82, 2.24) is 4.98 Å². The predicted octanol–water partition coefficient (Wildman–Crippen LogP) is 4.14. The van der Waals surface area contributed by atoms with E-state index < -0.39 is 10.9 Å². The number of nitro groups is 1. The Kier molecular flexibility index (Phi) is 4.45. The Morgan fingerprint density at radius 2 is 2.04 bits per heavy atom. The number of carbonyl (C=O) groups is 1. The normalized spacial score (nSPS) is 10.4. The molecule has 0 radical (unpaired) electrons. The third-order valence-electron chi connectivity index (χ3n) is 2.99. The lowest BCUT2D eigenvalue weighted by atomic mass is 10.2. The van der Waals surface area contributed by atoms with E-state index in [0.717, 1.165) is 9.88 Å². The number of hydrogen-bond acceptors (Lipinski definition) is 7. The van der Waals surface area contributed by atoms with E-state index in [1.54, 1.807) is 23.6 Å². The number of nitrogens with zero attached hydrogens (tertiary/aromatic N) is 2. The Morgan fingerprint density at radius 3 is 2.78 bits per heavy atom. The average Bonchev–Trinajstić information content (AvgIpc) is 3.23. The molecule has 0 aliphatic rings. The summed E-state index contributed by atoms with van der Waals surface area (Å²) in [6.07, 6.45) is 0. The molecule has 0 aliphatic carbocycles. The van der Waals surface area contributed by atoms with Crippen LogP contribution in [0.4, 0.5) is 5.69 Å². The quantitative estimate of drug-likeness (QED) is 0.394. The standard InChI is InChI=1S/C15H10N2O4S2/c18-15(11-9-23-14(16-11)13-6-3-7-22-13)21-8-10-4-1-2-5-12(10)17(19)20/h1-7,9H,8H2. The second-order valence-corrected chi connectivity index (χ2v) is 6.28. The molecule has 116 valence electrons. The largest absolute Gasteiger partial charge is 0.456 e. The Balaban J connectivity index is 1.70. The minimum Gasteiger partial charge on any atom is -0.456 e. The van der Waals surface area contributed by atoms with Gasteiger partial charge in [-0.1, -0.05) is 18.2 Å². The number of rotatable bonds is 5. The van der Waals surface area contributed by atoms with Gasteiger partial charge >= 0.3 is 5.97 Å². The first-order chi connectivity index (χ1) is 11.1. The van der Waals surface area contributed by atoms with Crippen LogP contribution in [0.25, 0.3) is 9.88 Å². The average molecular weight is 346 g/mol. The van der Waals surface area contributed by atoms with E-state index in [4.69, 9.17) is 4.74 Å². The zero-order chi connectivity index (χ0) is 16.2. The van der Waals surface area contributed by atoms with Gasteiger partial charge < -0.3 is 4.74 Å². The van der Waals surface area contributed by atoms with Crippen molar-refractivity contribution in [2.45, 2.75) is 6.61 Å². The van der Waals surface area contributed by atoms with E-state index in [1.165, 1.54) is 28.7 Å². The highest BCUT2D eigenvalue weighted by atomic mass is 32.1. The molecule has 0 spiro atoms. The van der Waals surface area contributed by atoms with E-state index in [9.17, 15) is 14.9 Å². The van der Waals surface area contributed by atoms with Gasteiger partial charge in [-0.15, -0.1) is 22.7 Å². The van der Waals surface area contributed by atoms with E-state index >= 15 is 0 Å². The highest BCUT2D eigenvalue weighted by Crippen LogP contribution is 2.28. The third-order valence-corrected chi connectivity index (χ3v) is 4.87. The highest BCUT2D eigenvalue weighted by Gasteiger charge is 2.17. The summed E-state index contributed by atoms with van der Waals surface area (Å²) in [5, 5.41) is 15.2. The highest BCUT2D eigenvalue weighted by molar-refractivity contribution is 7.20. The van der Waals surface area contributed by atoms with E-state index in [-0.39, 0.29) is 18.0 Å². The smallest absolute Gasteiger partial charge is 0.358 e. The van der Waals surface area contributed by atoms with Crippen molar-refractivity contribution < 1.29 is 14.5 Å². The van der Waals surface area contributed by atoms with Crippen molar-refractivity contribution in [3.63, 3.8) is 0 Å². The molecule has 8 heteroatoms. The van der Waals surface area contributed by atoms with Gasteiger partial charge in [0, 0.05) is 11.4 Å². The first-order valence-corrected chi connectivity index (χ1v) is 8.30. The molecule has 1 aromatic carbocycles. The van der Waals surface area contributed by atoms with Crippen molar-refractivity contribution in [3.05, 3.63) is 68.5 Å².